The molecule has 1 fully saturated rings. The first-order valence-electron chi connectivity index (χ1n) is 6.73. The fourth-order valence-corrected chi connectivity index (χ4v) is 3.19. The summed E-state index contributed by atoms with van der Waals surface area (Å²) < 4.78 is 5.56. The zero-order valence-corrected chi connectivity index (χ0v) is 12.8. The van der Waals surface area contributed by atoms with Crippen LogP contribution in [0.2, 0.25) is 0 Å². The number of nitrogens with zero attached hydrogens (tertiary/aromatic N) is 1. The highest BCUT2D eigenvalue weighted by Gasteiger charge is 2.37. The Balaban J connectivity index is 2.06. The summed E-state index contributed by atoms with van der Waals surface area (Å²) in [5, 5.41) is 3.35. The molecule has 0 bridgehead atoms. The molecule has 2 unspecified atom stereocenters. The Labute approximate surface area is 118 Å². The van der Waals surface area contributed by atoms with Crippen LogP contribution in [0.5, 0.6) is 0 Å². The molecular formula is C14H22N2O2S. The molecule has 1 aromatic rings. The van der Waals surface area contributed by atoms with Crippen molar-refractivity contribution >= 4 is 17.2 Å². The first-order chi connectivity index (χ1) is 8.99. The van der Waals surface area contributed by atoms with E-state index in [1.807, 2.05) is 25.7 Å². The number of aryl methyl sites for hydroxylation is 1. The predicted octanol–water partition coefficient (Wildman–Crippen LogP) is 2.30. The summed E-state index contributed by atoms with van der Waals surface area (Å²) in [7, 11) is 0. The van der Waals surface area contributed by atoms with E-state index in [0.29, 0.717) is 13.2 Å². The zero-order valence-electron chi connectivity index (χ0n) is 12.0. The normalized spacial score (nSPS) is 23.6. The molecule has 1 saturated heterocycles. The molecule has 106 valence electrons. The lowest BCUT2D eigenvalue weighted by molar-refractivity contribution is -0.130. The molecular weight excluding hydrogens is 260 g/mol. The average Bonchev–Trinajstić information content (AvgIpc) is 2.87. The molecule has 0 saturated carbocycles. The lowest BCUT2D eigenvalue weighted by Gasteiger charge is -2.23. The number of hydrogen-bond acceptors (Lipinski definition) is 4. The van der Waals surface area contributed by atoms with E-state index in [0.717, 1.165) is 0 Å². The fraction of sp³-hybridized carbons (Fsp3) is 0.643. The van der Waals surface area contributed by atoms with Crippen LogP contribution in [0.25, 0.3) is 0 Å². The Kier molecular flexibility index (Phi) is 4.60. The van der Waals surface area contributed by atoms with Gasteiger partial charge in [-0.2, -0.15) is 0 Å². The van der Waals surface area contributed by atoms with Crippen LogP contribution in [0.1, 0.15) is 36.7 Å². The van der Waals surface area contributed by atoms with E-state index in [-0.39, 0.29) is 24.2 Å². The third kappa shape index (κ3) is 3.35. The van der Waals surface area contributed by atoms with E-state index in [1.165, 1.54) is 9.75 Å². The van der Waals surface area contributed by atoms with Crippen molar-refractivity contribution in [3.8, 4) is 0 Å². The first kappa shape index (κ1) is 14.5. The quantitative estimate of drug-likeness (QED) is 0.901. The molecule has 1 aromatic heterocycles. The van der Waals surface area contributed by atoms with Crippen LogP contribution in [0.3, 0.4) is 0 Å². The van der Waals surface area contributed by atoms with Crippen molar-refractivity contribution in [2.75, 3.05) is 13.2 Å². The number of thiophene rings is 1. The maximum atomic E-state index is 12.2. The molecule has 1 aliphatic heterocycles. The van der Waals surface area contributed by atoms with Crippen molar-refractivity contribution in [3.63, 3.8) is 0 Å². The second-order valence-electron chi connectivity index (χ2n) is 5.19. The Bertz CT molecular complexity index is 444. The summed E-state index contributed by atoms with van der Waals surface area (Å²) in [5.74, 6) is 0.156. The standard InChI is InChI=1S/C14H22N2O2S/c1-9(2)18-8-7-16-13(15-11(4)14(16)17)12-6-5-10(3)19-12/h5-6,9,11,13,15H,7-8H2,1-4H3. The van der Waals surface area contributed by atoms with E-state index in [2.05, 4.69) is 24.4 Å². The minimum atomic E-state index is -0.119. The first-order valence-corrected chi connectivity index (χ1v) is 7.55. The highest BCUT2D eigenvalue weighted by atomic mass is 32.1. The molecule has 4 nitrogen and oxygen atoms in total. The minimum absolute atomic E-state index is 0.00281. The van der Waals surface area contributed by atoms with Gasteiger partial charge in [-0.25, -0.2) is 0 Å². The molecule has 1 N–H and O–H groups in total. The molecule has 2 rings (SSSR count). The summed E-state index contributed by atoms with van der Waals surface area (Å²) in [6.07, 6.45) is 0.197. The van der Waals surface area contributed by atoms with Gasteiger partial charge in [0, 0.05) is 16.3 Å². The van der Waals surface area contributed by atoms with Gasteiger partial charge in [-0.15, -0.1) is 11.3 Å². The number of carbonyl (C=O) groups is 1. The average molecular weight is 282 g/mol. The number of carbonyl (C=O) groups excluding carboxylic acids is 1. The summed E-state index contributed by atoms with van der Waals surface area (Å²) in [6.45, 7) is 9.23. The topological polar surface area (TPSA) is 41.6 Å². The molecule has 0 aliphatic carbocycles. The van der Waals surface area contributed by atoms with Crippen molar-refractivity contribution in [2.24, 2.45) is 0 Å². The lowest BCUT2D eigenvalue weighted by atomic mass is 10.3. The summed E-state index contributed by atoms with van der Waals surface area (Å²) in [5.41, 5.74) is 0. The number of rotatable bonds is 5. The van der Waals surface area contributed by atoms with E-state index >= 15 is 0 Å². The Morgan fingerprint density at radius 3 is 2.79 bits per heavy atom. The highest BCUT2D eigenvalue weighted by molar-refractivity contribution is 7.12. The Morgan fingerprint density at radius 1 is 1.47 bits per heavy atom. The van der Waals surface area contributed by atoms with Crippen LogP contribution in [0.15, 0.2) is 12.1 Å². The SMILES string of the molecule is Cc1ccc(C2NC(C)C(=O)N2CCOC(C)C)s1. The van der Waals surface area contributed by atoms with Crippen LogP contribution >= 0.6 is 11.3 Å². The maximum Gasteiger partial charge on any atom is 0.241 e. The van der Waals surface area contributed by atoms with Crippen molar-refractivity contribution < 1.29 is 9.53 Å². The molecule has 0 spiro atoms. The summed E-state index contributed by atoms with van der Waals surface area (Å²) in [6, 6.07) is 4.07. The van der Waals surface area contributed by atoms with Crippen molar-refractivity contribution in [3.05, 3.63) is 21.9 Å². The smallest absolute Gasteiger partial charge is 0.241 e. The monoisotopic (exact) mass is 282 g/mol. The van der Waals surface area contributed by atoms with Gasteiger partial charge in [0.05, 0.1) is 18.8 Å². The van der Waals surface area contributed by atoms with Gasteiger partial charge in [-0.3, -0.25) is 10.1 Å². The van der Waals surface area contributed by atoms with Crippen LogP contribution in [0.4, 0.5) is 0 Å². The van der Waals surface area contributed by atoms with Gasteiger partial charge in [-0.1, -0.05) is 0 Å². The van der Waals surface area contributed by atoms with Gasteiger partial charge in [0.25, 0.3) is 0 Å². The Morgan fingerprint density at radius 2 is 2.21 bits per heavy atom. The van der Waals surface area contributed by atoms with Crippen molar-refractivity contribution in [2.45, 2.75) is 46.0 Å². The lowest BCUT2D eigenvalue weighted by Crippen LogP contribution is -2.33. The molecule has 1 aliphatic rings. The number of ether oxygens (including phenoxy) is 1. The molecule has 0 aromatic carbocycles. The van der Waals surface area contributed by atoms with Gasteiger partial charge in [-0.05, 0) is 39.8 Å². The number of hydrogen-bond donors (Lipinski definition) is 1. The fourth-order valence-electron chi connectivity index (χ4n) is 2.24. The van der Waals surface area contributed by atoms with Crippen molar-refractivity contribution in [1.29, 1.82) is 0 Å². The molecule has 2 heterocycles. The van der Waals surface area contributed by atoms with Gasteiger partial charge < -0.3 is 9.64 Å². The van der Waals surface area contributed by atoms with E-state index in [1.54, 1.807) is 11.3 Å². The van der Waals surface area contributed by atoms with Crippen molar-refractivity contribution in [1.82, 2.24) is 10.2 Å². The molecule has 1 amide bonds. The second kappa shape index (κ2) is 6.03. The highest BCUT2D eigenvalue weighted by Crippen LogP contribution is 2.30. The van der Waals surface area contributed by atoms with Gasteiger partial charge >= 0.3 is 0 Å². The second-order valence-corrected chi connectivity index (χ2v) is 6.51. The number of amides is 1. The van der Waals surface area contributed by atoms with Crippen LogP contribution in [-0.4, -0.2) is 36.1 Å². The third-order valence-electron chi connectivity index (χ3n) is 3.19. The maximum absolute atomic E-state index is 12.2. The zero-order chi connectivity index (χ0) is 14.0. The number of nitrogens with one attached hydrogen (secondary N) is 1. The van der Waals surface area contributed by atoms with E-state index < -0.39 is 0 Å². The van der Waals surface area contributed by atoms with Gasteiger partial charge in [0.2, 0.25) is 5.91 Å². The predicted molar refractivity (Wildman–Crippen MR) is 77.2 cm³/mol. The van der Waals surface area contributed by atoms with E-state index in [9.17, 15) is 4.79 Å². The van der Waals surface area contributed by atoms with Gasteiger partial charge in [0.1, 0.15) is 6.17 Å². The minimum Gasteiger partial charge on any atom is -0.377 e. The Hall–Kier alpha value is -0.910. The third-order valence-corrected chi connectivity index (χ3v) is 4.24. The largest absolute Gasteiger partial charge is 0.377 e. The molecule has 19 heavy (non-hydrogen) atoms. The molecule has 5 heteroatoms. The van der Waals surface area contributed by atoms with Crippen LogP contribution in [0, 0.1) is 6.92 Å². The molecule has 2 atom stereocenters. The van der Waals surface area contributed by atoms with Crippen LogP contribution < -0.4 is 5.32 Å². The molecule has 0 radical (unpaired) electrons. The summed E-state index contributed by atoms with van der Waals surface area (Å²) >= 11 is 1.74. The summed E-state index contributed by atoms with van der Waals surface area (Å²) in [4.78, 5) is 16.5. The van der Waals surface area contributed by atoms with E-state index in [4.69, 9.17) is 4.74 Å². The van der Waals surface area contributed by atoms with Gasteiger partial charge in [0.15, 0.2) is 0 Å². The van der Waals surface area contributed by atoms with Crippen LogP contribution in [-0.2, 0) is 9.53 Å².